The Bertz CT molecular complexity index is 358. The number of hydrogen-bond donors (Lipinski definition) is 1. The molecular weight excluding hydrogens is 238 g/mol. The molecule has 4 heteroatoms. The minimum Gasteiger partial charge on any atom is -0.378 e. The minimum atomic E-state index is 0.340. The van der Waals surface area contributed by atoms with Gasteiger partial charge in [0.1, 0.15) is 5.82 Å². The van der Waals surface area contributed by atoms with E-state index in [1.165, 1.54) is 25.1 Å². The van der Waals surface area contributed by atoms with Crippen molar-refractivity contribution in [3.05, 3.63) is 18.2 Å². The summed E-state index contributed by atoms with van der Waals surface area (Å²) in [4.78, 5) is 4.53. The van der Waals surface area contributed by atoms with E-state index in [0.717, 1.165) is 32.4 Å². The highest BCUT2D eigenvalue weighted by molar-refractivity contribution is 4.99. The molecule has 0 bridgehead atoms. The van der Waals surface area contributed by atoms with Crippen molar-refractivity contribution in [3.8, 4) is 0 Å². The number of aromatic nitrogens is 2. The van der Waals surface area contributed by atoms with Crippen molar-refractivity contribution < 1.29 is 4.74 Å². The van der Waals surface area contributed by atoms with Gasteiger partial charge in [-0.05, 0) is 45.6 Å². The van der Waals surface area contributed by atoms with E-state index in [1.807, 2.05) is 13.2 Å². The van der Waals surface area contributed by atoms with E-state index in [2.05, 4.69) is 28.0 Å². The van der Waals surface area contributed by atoms with Crippen molar-refractivity contribution in [1.29, 1.82) is 0 Å². The van der Waals surface area contributed by atoms with Gasteiger partial charge in [0.2, 0.25) is 0 Å². The highest BCUT2D eigenvalue weighted by atomic mass is 16.5. The summed E-state index contributed by atoms with van der Waals surface area (Å²) >= 11 is 0. The number of rotatable bonds is 7. The molecular formula is C15H27N3O. The van der Waals surface area contributed by atoms with Crippen LogP contribution < -0.4 is 5.32 Å². The van der Waals surface area contributed by atoms with Gasteiger partial charge >= 0.3 is 0 Å². The summed E-state index contributed by atoms with van der Waals surface area (Å²) in [6.45, 7) is 4.20. The van der Waals surface area contributed by atoms with Gasteiger partial charge in [0.15, 0.2) is 0 Å². The Balaban J connectivity index is 1.89. The maximum atomic E-state index is 5.81. The first-order valence-electron chi connectivity index (χ1n) is 7.65. The number of aryl methyl sites for hydroxylation is 1. The van der Waals surface area contributed by atoms with E-state index < -0.39 is 0 Å². The summed E-state index contributed by atoms with van der Waals surface area (Å²) in [5, 5.41) is 3.40. The average molecular weight is 265 g/mol. The molecule has 1 aliphatic rings. The fourth-order valence-corrected chi connectivity index (χ4v) is 2.85. The summed E-state index contributed by atoms with van der Waals surface area (Å²) in [6.07, 6.45) is 11.6. The van der Waals surface area contributed by atoms with Crippen LogP contribution in [-0.2, 0) is 11.3 Å². The molecule has 4 nitrogen and oxygen atoms in total. The molecule has 1 saturated heterocycles. The first kappa shape index (κ1) is 14.5. The molecule has 19 heavy (non-hydrogen) atoms. The van der Waals surface area contributed by atoms with Gasteiger partial charge < -0.3 is 14.6 Å². The summed E-state index contributed by atoms with van der Waals surface area (Å²) in [5.41, 5.74) is 0. The van der Waals surface area contributed by atoms with Gasteiger partial charge in [-0.25, -0.2) is 4.98 Å². The van der Waals surface area contributed by atoms with E-state index >= 15 is 0 Å². The lowest BCUT2D eigenvalue weighted by molar-refractivity contribution is 0.00847. The van der Waals surface area contributed by atoms with Crippen molar-refractivity contribution in [2.45, 2.75) is 64.1 Å². The summed E-state index contributed by atoms with van der Waals surface area (Å²) in [7, 11) is 2.03. The smallest absolute Gasteiger partial charge is 0.125 e. The molecule has 2 atom stereocenters. The largest absolute Gasteiger partial charge is 0.378 e. The quantitative estimate of drug-likeness (QED) is 0.824. The van der Waals surface area contributed by atoms with Crippen LogP contribution in [0.15, 0.2) is 12.4 Å². The van der Waals surface area contributed by atoms with Crippen LogP contribution in [0.3, 0.4) is 0 Å². The fourth-order valence-electron chi connectivity index (χ4n) is 2.85. The third-order valence-corrected chi connectivity index (χ3v) is 3.92. The van der Waals surface area contributed by atoms with Gasteiger partial charge in [-0.15, -0.1) is 0 Å². The van der Waals surface area contributed by atoms with Crippen molar-refractivity contribution in [2.24, 2.45) is 0 Å². The molecule has 0 aromatic carbocycles. The standard InChI is InChI=1S/C15H27N3O/c1-3-10-18-11-9-17-15(18)14(16-2)8-7-13-6-4-5-12-19-13/h9,11,13-14,16H,3-8,10,12H2,1-2H3. The van der Waals surface area contributed by atoms with E-state index in [1.54, 1.807) is 0 Å². The predicted octanol–water partition coefficient (Wildman–Crippen LogP) is 2.90. The molecule has 1 aliphatic heterocycles. The number of nitrogens with zero attached hydrogens (tertiary/aromatic N) is 2. The Kier molecular flexibility index (Phi) is 5.86. The molecule has 1 aromatic heterocycles. The van der Waals surface area contributed by atoms with Crippen molar-refractivity contribution in [3.63, 3.8) is 0 Å². The van der Waals surface area contributed by atoms with Gasteiger partial charge in [0.25, 0.3) is 0 Å². The fraction of sp³-hybridized carbons (Fsp3) is 0.800. The lowest BCUT2D eigenvalue weighted by Gasteiger charge is -2.25. The van der Waals surface area contributed by atoms with E-state index in [-0.39, 0.29) is 0 Å². The van der Waals surface area contributed by atoms with Crippen molar-refractivity contribution >= 4 is 0 Å². The Morgan fingerprint density at radius 3 is 3.11 bits per heavy atom. The molecule has 0 aliphatic carbocycles. The molecule has 1 N–H and O–H groups in total. The Morgan fingerprint density at radius 1 is 1.53 bits per heavy atom. The number of imidazole rings is 1. The summed E-state index contributed by atoms with van der Waals surface area (Å²) < 4.78 is 8.08. The maximum absolute atomic E-state index is 5.81. The number of hydrogen-bond acceptors (Lipinski definition) is 3. The van der Waals surface area contributed by atoms with Crippen LogP contribution in [0.5, 0.6) is 0 Å². The van der Waals surface area contributed by atoms with Crippen LogP contribution in [-0.4, -0.2) is 29.3 Å². The first-order valence-corrected chi connectivity index (χ1v) is 7.65. The summed E-state index contributed by atoms with van der Waals surface area (Å²) in [5.74, 6) is 1.17. The Labute approximate surface area is 116 Å². The Hall–Kier alpha value is -0.870. The molecule has 0 radical (unpaired) electrons. The third kappa shape index (κ3) is 4.05. The van der Waals surface area contributed by atoms with Crippen molar-refractivity contribution in [2.75, 3.05) is 13.7 Å². The van der Waals surface area contributed by atoms with Gasteiger partial charge in [-0.2, -0.15) is 0 Å². The van der Waals surface area contributed by atoms with Crippen molar-refractivity contribution in [1.82, 2.24) is 14.9 Å². The monoisotopic (exact) mass is 265 g/mol. The van der Waals surface area contributed by atoms with Crippen LogP contribution in [0.4, 0.5) is 0 Å². The van der Waals surface area contributed by atoms with E-state index in [0.29, 0.717) is 12.1 Å². The number of ether oxygens (including phenoxy) is 1. The average Bonchev–Trinajstić information content (AvgIpc) is 2.90. The van der Waals surface area contributed by atoms with Gasteiger partial charge in [0, 0.05) is 25.5 Å². The third-order valence-electron chi connectivity index (χ3n) is 3.92. The van der Waals surface area contributed by atoms with Gasteiger partial charge in [-0.3, -0.25) is 0 Å². The molecule has 2 rings (SSSR count). The molecule has 2 unspecified atom stereocenters. The topological polar surface area (TPSA) is 39.1 Å². The predicted molar refractivity (Wildman–Crippen MR) is 77.1 cm³/mol. The zero-order valence-corrected chi connectivity index (χ0v) is 12.3. The lowest BCUT2D eigenvalue weighted by Crippen LogP contribution is -2.25. The van der Waals surface area contributed by atoms with Crippen LogP contribution in [0.1, 0.15) is 57.3 Å². The first-order chi connectivity index (χ1) is 9.35. The van der Waals surface area contributed by atoms with E-state index in [9.17, 15) is 0 Å². The van der Waals surface area contributed by atoms with Crippen LogP contribution >= 0.6 is 0 Å². The van der Waals surface area contributed by atoms with Crippen LogP contribution in [0.2, 0.25) is 0 Å². The highest BCUT2D eigenvalue weighted by Gasteiger charge is 2.19. The molecule has 1 fully saturated rings. The zero-order chi connectivity index (χ0) is 13.5. The van der Waals surface area contributed by atoms with Gasteiger partial charge in [0.05, 0.1) is 12.1 Å². The zero-order valence-electron chi connectivity index (χ0n) is 12.3. The number of nitrogens with one attached hydrogen (secondary N) is 1. The second kappa shape index (κ2) is 7.65. The van der Waals surface area contributed by atoms with Crippen LogP contribution in [0, 0.1) is 0 Å². The highest BCUT2D eigenvalue weighted by Crippen LogP contribution is 2.23. The SMILES string of the molecule is CCCn1ccnc1C(CCC1CCCCO1)NC. The minimum absolute atomic E-state index is 0.340. The lowest BCUT2D eigenvalue weighted by atomic mass is 10.0. The molecule has 2 heterocycles. The van der Waals surface area contributed by atoms with Gasteiger partial charge in [-0.1, -0.05) is 6.92 Å². The maximum Gasteiger partial charge on any atom is 0.125 e. The Morgan fingerprint density at radius 2 is 2.42 bits per heavy atom. The normalized spacial score (nSPS) is 21.5. The second-order valence-electron chi connectivity index (χ2n) is 5.39. The van der Waals surface area contributed by atoms with Crippen LogP contribution in [0.25, 0.3) is 0 Å². The summed E-state index contributed by atoms with van der Waals surface area (Å²) in [6, 6.07) is 0.340. The molecule has 0 amide bonds. The molecule has 0 saturated carbocycles. The second-order valence-corrected chi connectivity index (χ2v) is 5.39. The van der Waals surface area contributed by atoms with E-state index in [4.69, 9.17) is 4.74 Å². The molecule has 1 aromatic rings. The molecule has 108 valence electrons. The molecule has 0 spiro atoms.